The fraction of sp³-hybridized carbons (Fsp3) is 0.438. The Balaban J connectivity index is 2.04. The fourth-order valence-electron chi connectivity index (χ4n) is 2.51. The standard InChI is InChI=1S/C16H22N2O2/c1-20-12-13-7-9-18(10-8-13)16(19)15(11-17)14-5-3-2-4-6-14/h2-7,15H,8-12,17H2,1H3. The number of amides is 1. The minimum Gasteiger partial charge on any atom is -0.380 e. The summed E-state index contributed by atoms with van der Waals surface area (Å²) in [5.41, 5.74) is 8.06. The molecule has 0 saturated heterocycles. The van der Waals surface area contributed by atoms with Gasteiger partial charge in [0.2, 0.25) is 5.91 Å². The molecule has 0 fully saturated rings. The number of rotatable bonds is 5. The summed E-state index contributed by atoms with van der Waals surface area (Å²) in [5, 5.41) is 0. The van der Waals surface area contributed by atoms with E-state index in [0.29, 0.717) is 19.7 Å². The largest absolute Gasteiger partial charge is 0.380 e. The number of nitrogens with two attached hydrogens (primary N) is 1. The van der Waals surface area contributed by atoms with E-state index in [4.69, 9.17) is 10.5 Å². The molecule has 0 aliphatic carbocycles. The van der Waals surface area contributed by atoms with Gasteiger partial charge in [-0.2, -0.15) is 0 Å². The summed E-state index contributed by atoms with van der Waals surface area (Å²) in [6.45, 7) is 2.40. The number of ether oxygens (including phenoxy) is 1. The van der Waals surface area contributed by atoms with E-state index in [-0.39, 0.29) is 11.8 Å². The third-order valence-corrected chi connectivity index (χ3v) is 3.68. The van der Waals surface area contributed by atoms with Gasteiger partial charge in [0.1, 0.15) is 0 Å². The molecular formula is C16H22N2O2. The van der Waals surface area contributed by atoms with Crippen LogP contribution < -0.4 is 5.73 Å². The predicted octanol–water partition coefficient (Wildman–Crippen LogP) is 1.53. The Morgan fingerprint density at radius 2 is 2.15 bits per heavy atom. The molecule has 1 amide bonds. The maximum absolute atomic E-state index is 12.6. The predicted molar refractivity (Wildman–Crippen MR) is 79.4 cm³/mol. The van der Waals surface area contributed by atoms with Crippen LogP contribution in [0.1, 0.15) is 17.9 Å². The number of methoxy groups -OCH3 is 1. The number of nitrogens with zero attached hydrogens (tertiary/aromatic N) is 1. The first-order valence-corrected chi connectivity index (χ1v) is 6.97. The van der Waals surface area contributed by atoms with Crippen LogP contribution in [0.5, 0.6) is 0 Å². The van der Waals surface area contributed by atoms with Crippen LogP contribution >= 0.6 is 0 Å². The van der Waals surface area contributed by atoms with Gasteiger partial charge < -0.3 is 15.4 Å². The topological polar surface area (TPSA) is 55.6 Å². The minimum atomic E-state index is -0.242. The zero-order chi connectivity index (χ0) is 14.4. The van der Waals surface area contributed by atoms with Crippen molar-refractivity contribution in [2.75, 3.05) is 33.4 Å². The van der Waals surface area contributed by atoms with Crippen molar-refractivity contribution < 1.29 is 9.53 Å². The maximum atomic E-state index is 12.6. The van der Waals surface area contributed by atoms with Crippen molar-refractivity contribution in [1.82, 2.24) is 4.90 Å². The molecule has 4 heteroatoms. The Labute approximate surface area is 120 Å². The highest BCUT2D eigenvalue weighted by molar-refractivity contribution is 5.84. The average Bonchev–Trinajstić information content (AvgIpc) is 2.50. The van der Waals surface area contributed by atoms with E-state index in [9.17, 15) is 4.79 Å². The van der Waals surface area contributed by atoms with Crippen molar-refractivity contribution in [3.63, 3.8) is 0 Å². The van der Waals surface area contributed by atoms with Crippen LogP contribution in [0.4, 0.5) is 0 Å². The molecule has 1 aliphatic heterocycles. The van der Waals surface area contributed by atoms with Gasteiger partial charge in [-0.25, -0.2) is 0 Å². The van der Waals surface area contributed by atoms with Crippen LogP contribution in [0.25, 0.3) is 0 Å². The summed E-state index contributed by atoms with van der Waals surface area (Å²) in [6, 6.07) is 9.76. The van der Waals surface area contributed by atoms with E-state index in [1.807, 2.05) is 35.2 Å². The second-order valence-electron chi connectivity index (χ2n) is 5.03. The monoisotopic (exact) mass is 274 g/mol. The molecule has 1 unspecified atom stereocenters. The van der Waals surface area contributed by atoms with E-state index < -0.39 is 0 Å². The van der Waals surface area contributed by atoms with Gasteiger partial charge in [0.05, 0.1) is 12.5 Å². The first-order valence-electron chi connectivity index (χ1n) is 6.97. The van der Waals surface area contributed by atoms with Gasteiger partial charge in [0, 0.05) is 26.7 Å². The molecule has 20 heavy (non-hydrogen) atoms. The van der Waals surface area contributed by atoms with E-state index in [1.165, 1.54) is 5.57 Å². The second-order valence-corrected chi connectivity index (χ2v) is 5.03. The molecule has 0 spiro atoms. The van der Waals surface area contributed by atoms with Gasteiger partial charge >= 0.3 is 0 Å². The Hall–Kier alpha value is -1.65. The normalized spacial score (nSPS) is 16.7. The number of hydrogen-bond donors (Lipinski definition) is 1. The van der Waals surface area contributed by atoms with Gasteiger partial charge in [0.25, 0.3) is 0 Å². The number of benzene rings is 1. The summed E-state index contributed by atoms with van der Waals surface area (Å²) in [6.07, 6.45) is 2.97. The van der Waals surface area contributed by atoms with E-state index >= 15 is 0 Å². The van der Waals surface area contributed by atoms with Crippen LogP contribution in [0.15, 0.2) is 42.0 Å². The molecule has 1 aromatic rings. The highest BCUT2D eigenvalue weighted by Gasteiger charge is 2.25. The van der Waals surface area contributed by atoms with E-state index in [1.54, 1.807) is 7.11 Å². The van der Waals surface area contributed by atoms with Crippen LogP contribution in [0.2, 0.25) is 0 Å². The lowest BCUT2D eigenvalue weighted by atomic mass is 9.96. The van der Waals surface area contributed by atoms with Crippen molar-refractivity contribution in [2.24, 2.45) is 5.73 Å². The third-order valence-electron chi connectivity index (χ3n) is 3.68. The maximum Gasteiger partial charge on any atom is 0.231 e. The van der Waals surface area contributed by atoms with Gasteiger partial charge in [0.15, 0.2) is 0 Å². The van der Waals surface area contributed by atoms with Crippen molar-refractivity contribution in [3.05, 3.63) is 47.5 Å². The van der Waals surface area contributed by atoms with Crippen LogP contribution in [-0.4, -0.2) is 44.2 Å². The SMILES string of the molecule is COCC1=CCN(C(=O)C(CN)c2ccccc2)CC1. The van der Waals surface area contributed by atoms with Crippen LogP contribution in [0, 0.1) is 0 Å². The average molecular weight is 274 g/mol. The van der Waals surface area contributed by atoms with Gasteiger partial charge in [-0.05, 0) is 17.6 Å². The quantitative estimate of drug-likeness (QED) is 0.829. The molecule has 1 aromatic carbocycles. The third kappa shape index (κ3) is 3.46. The fourth-order valence-corrected chi connectivity index (χ4v) is 2.51. The number of carbonyl (C=O) groups is 1. The molecule has 2 rings (SSSR count). The van der Waals surface area contributed by atoms with E-state index in [0.717, 1.165) is 18.5 Å². The summed E-state index contributed by atoms with van der Waals surface area (Å²) >= 11 is 0. The molecule has 0 bridgehead atoms. The first kappa shape index (κ1) is 14.8. The van der Waals surface area contributed by atoms with Crippen molar-refractivity contribution in [2.45, 2.75) is 12.3 Å². The van der Waals surface area contributed by atoms with E-state index in [2.05, 4.69) is 6.08 Å². The highest BCUT2D eigenvalue weighted by atomic mass is 16.5. The summed E-state index contributed by atoms with van der Waals surface area (Å²) in [7, 11) is 1.69. The molecule has 4 nitrogen and oxygen atoms in total. The summed E-state index contributed by atoms with van der Waals surface area (Å²) in [5.74, 6) is -0.125. The first-order chi connectivity index (χ1) is 9.76. The molecule has 1 atom stereocenters. The van der Waals surface area contributed by atoms with Crippen LogP contribution in [0.3, 0.4) is 0 Å². The minimum absolute atomic E-state index is 0.117. The Kier molecular flexibility index (Phi) is 5.32. The molecule has 2 N–H and O–H groups in total. The smallest absolute Gasteiger partial charge is 0.231 e. The Bertz CT molecular complexity index is 471. The Morgan fingerprint density at radius 3 is 2.70 bits per heavy atom. The van der Waals surface area contributed by atoms with Gasteiger partial charge in [-0.1, -0.05) is 36.4 Å². The molecule has 108 valence electrons. The number of carbonyl (C=O) groups excluding carboxylic acids is 1. The van der Waals surface area contributed by atoms with Crippen molar-refractivity contribution in [3.8, 4) is 0 Å². The summed E-state index contributed by atoms with van der Waals surface area (Å²) < 4.78 is 5.12. The summed E-state index contributed by atoms with van der Waals surface area (Å²) in [4.78, 5) is 14.5. The highest BCUT2D eigenvalue weighted by Crippen LogP contribution is 2.20. The lowest BCUT2D eigenvalue weighted by Gasteiger charge is -2.29. The zero-order valence-corrected chi connectivity index (χ0v) is 11.9. The van der Waals surface area contributed by atoms with Crippen molar-refractivity contribution >= 4 is 5.91 Å². The van der Waals surface area contributed by atoms with Crippen LogP contribution in [-0.2, 0) is 9.53 Å². The second kappa shape index (κ2) is 7.22. The molecule has 0 radical (unpaired) electrons. The number of hydrogen-bond acceptors (Lipinski definition) is 3. The molecule has 0 aromatic heterocycles. The Morgan fingerprint density at radius 1 is 1.40 bits per heavy atom. The molecule has 0 saturated carbocycles. The molecule has 1 heterocycles. The molecule has 1 aliphatic rings. The lowest BCUT2D eigenvalue weighted by Crippen LogP contribution is -2.40. The van der Waals surface area contributed by atoms with Gasteiger partial charge in [-0.15, -0.1) is 0 Å². The van der Waals surface area contributed by atoms with Gasteiger partial charge in [-0.3, -0.25) is 4.79 Å². The lowest BCUT2D eigenvalue weighted by molar-refractivity contribution is -0.132. The zero-order valence-electron chi connectivity index (χ0n) is 11.9. The van der Waals surface area contributed by atoms with Crippen molar-refractivity contribution in [1.29, 1.82) is 0 Å². The molecular weight excluding hydrogens is 252 g/mol.